The van der Waals surface area contributed by atoms with Gasteiger partial charge in [0.1, 0.15) is 11.9 Å². The molecule has 1 aromatic heterocycles. The van der Waals surface area contributed by atoms with Gasteiger partial charge in [-0.05, 0) is 32.9 Å². The van der Waals surface area contributed by atoms with Crippen molar-refractivity contribution in [1.29, 1.82) is 0 Å². The fourth-order valence-electron chi connectivity index (χ4n) is 3.58. The minimum atomic E-state index is -0.226. The van der Waals surface area contributed by atoms with Crippen molar-refractivity contribution in [3.63, 3.8) is 0 Å². The number of nitrogens with zero attached hydrogens (tertiary/aromatic N) is 3. The first-order valence-electron chi connectivity index (χ1n) is 9.00. The van der Waals surface area contributed by atoms with Gasteiger partial charge in [0.2, 0.25) is 11.8 Å². The Morgan fingerprint density at radius 1 is 1.28 bits per heavy atom. The van der Waals surface area contributed by atoms with Crippen molar-refractivity contribution in [3.05, 3.63) is 24.5 Å². The summed E-state index contributed by atoms with van der Waals surface area (Å²) in [6.45, 7) is 7.94. The summed E-state index contributed by atoms with van der Waals surface area (Å²) in [7, 11) is 0. The van der Waals surface area contributed by atoms with Crippen LogP contribution < -0.4 is 4.74 Å². The van der Waals surface area contributed by atoms with Gasteiger partial charge in [-0.2, -0.15) is 0 Å². The summed E-state index contributed by atoms with van der Waals surface area (Å²) >= 11 is 0. The zero-order valence-electron chi connectivity index (χ0n) is 15.3. The largest absolute Gasteiger partial charge is 0.489 e. The highest BCUT2D eigenvalue weighted by molar-refractivity contribution is 5.89. The molecule has 1 atom stereocenters. The van der Waals surface area contributed by atoms with Crippen LogP contribution in [0.15, 0.2) is 24.5 Å². The second kappa shape index (κ2) is 7.02. The van der Waals surface area contributed by atoms with Crippen LogP contribution in [0.3, 0.4) is 0 Å². The molecule has 0 aliphatic carbocycles. The molecular weight excluding hydrogens is 318 g/mol. The van der Waals surface area contributed by atoms with E-state index in [1.165, 1.54) is 0 Å². The monoisotopic (exact) mass is 345 g/mol. The maximum absolute atomic E-state index is 12.8. The van der Waals surface area contributed by atoms with E-state index in [0.29, 0.717) is 26.1 Å². The van der Waals surface area contributed by atoms with Crippen LogP contribution in [0.1, 0.15) is 40.0 Å². The third-order valence-corrected chi connectivity index (χ3v) is 4.97. The quantitative estimate of drug-likeness (QED) is 0.842. The van der Waals surface area contributed by atoms with E-state index in [-0.39, 0.29) is 29.4 Å². The molecule has 3 heterocycles. The highest BCUT2D eigenvalue weighted by Crippen LogP contribution is 2.28. The first-order valence-corrected chi connectivity index (χ1v) is 9.00. The van der Waals surface area contributed by atoms with Gasteiger partial charge in [-0.15, -0.1) is 0 Å². The molecule has 3 rings (SSSR count). The Kier molecular flexibility index (Phi) is 4.97. The van der Waals surface area contributed by atoms with E-state index in [2.05, 4.69) is 4.98 Å². The fourth-order valence-corrected chi connectivity index (χ4v) is 3.58. The molecule has 2 saturated heterocycles. The molecule has 1 unspecified atom stereocenters. The SMILES string of the molecule is CC(C)(C)N1CC(C(=O)N2CCC(Oc3cccnc3)CC2)CC1=O. The van der Waals surface area contributed by atoms with Crippen molar-refractivity contribution < 1.29 is 14.3 Å². The van der Waals surface area contributed by atoms with Gasteiger partial charge in [0, 0.05) is 50.6 Å². The van der Waals surface area contributed by atoms with Crippen LogP contribution in [-0.2, 0) is 9.59 Å². The Morgan fingerprint density at radius 3 is 2.56 bits per heavy atom. The smallest absolute Gasteiger partial charge is 0.227 e. The maximum atomic E-state index is 12.8. The molecule has 0 N–H and O–H groups in total. The van der Waals surface area contributed by atoms with Crippen LogP contribution in [0.2, 0.25) is 0 Å². The van der Waals surface area contributed by atoms with E-state index in [4.69, 9.17) is 4.74 Å². The highest BCUT2D eigenvalue weighted by Gasteiger charge is 2.41. The molecule has 25 heavy (non-hydrogen) atoms. The van der Waals surface area contributed by atoms with E-state index in [1.54, 1.807) is 12.4 Å². The number of pyridine rings is 1. The number of ether oxygens (including phenoxy) is 1. The Morgan fingerprint density at radius 2 is 2.00 bits per heavy atom. The number of amides is 2. The van der Waals surface area contributed by atoms with E-state index >= 15 is 0 Å². The van der Waals surface area contributed by atoms with E-state index in [0.717, 1.165) is 18.6 Å². The minimum Gasteiger partial charge on any atom is -0.489 e. The van der Waals surface area contributed by atoms with E-state index in [9.17, 15) is 9.59 Å². The first kappa shape index (κ1) is 17.7. The molecule has 6 heteroatoms. The van der Waals surface area contributed by atoms with Crippen molar-refractivity contribution in [3.8, 4) is 5.75 Å². The van der Waals surface area contributed by atoms with Gasteiger partial charge in [0.05, 0.1) is 12.1 Å². The van der Waals surface area contributed by atoms with Gasteiger partial charge in [0.25, 0.3) is 0 Å². The fraction of sp³-hybridized carbons (Fsp3) is 0.632. The molecule has 2 fully saturated rings. The van der Waals surface area contributed by atoms with E-state index < -0.39 is 0 Å². The average Bonchev–Trinajstić information content (AvgIpc) is 2.98. The van der Waals surface area contributed by atoms with Crippen LogP contribution in [0.5, 0.6) is 5.75 Å². The predicted molar refractivity (Wildman–Crippen MR) is 94.0 cm³/mol. The Bertz CT molecular complexity index is 619. The lowest BCUT2D eigenvalue weighted by Crippen LogP contribution is -2.46. The molecular formula is C19H27N3O3. The summed E-state index contributed by atoms with van der Waals surface area (Å²) in [5, 5.41) is 0. The number of carbonyl (C=O) groups excluding carboxylic acids is 2. The van der Waals surface area contributed by atoms with Gasteiger partial charge >= 0.3 is 0 Å². The summed E-state index contributed by atoms with van der Waals surface area (Å²) in [4.78, 5) is 32.8. The summed E-state index contributed by atoms with van der Waals surface area (Å²) in [5.41, 5.74) is -0.226. The van der Waals surface area contributed by atoms with Gasteiger partial charge in [0.15, 0.2) is 0 Å². The second-order valence-corrected chi connectivity index (χ2v) is 7.91. The number of piperidine rings is 1. The van der Waals surface area contributed by atoms with Crippen LogP contribution in [0, 0.1) is 5.92 Å². The van der Waals surface area contributed by atoms with Crippen molar-refractivity contribution in [2.24, 2.45) is 5.92 Å². The van der Waals surface area contributed by atoms with Crippen LogP contribution >= 0.6 is 0 Å². The number of hydrogen-bond donors (Lipinski definition) is 0. The summed E-state index contributed by atoms with van der Waals surface area (Å²) in [6, 6.07) is 3.75. The summed E-state index contributed by atoms with van der Waals surface area (Å²) < 4.78 is 5.92. The zero-order chi connectivity index (χ0) is 18.0. The molecule has 6 nitrogen and oxygen atoms in total. The molecule has 0 bridgehead atoms. The molecule has 0 aromatic carbocycles. The second-order valence-electron chi connectivity index (χ2n) is 7.91. The average molecular weight is 345 g/mol. The van der Waals surface area contributed by atoms with Crippen molar-refractivity contribution in [2.45, 2.75) is 51.7 Å². The number of rotatable bonds is 3. The van der Waals surface area contributed by atoms with Crippen molar-refractivity contribution >= 4 is 11.8 Å². The third kappa shape index (κ3) is 4.11. The first-order chi connectivity index (χ1) is 11.8. The molecule has 0 radical (unpaired) electrons. The lowest BCUT2D eigenvalue weighted by Gasteiger charge is -2.34. The third-order valence-electron chi connectivity index (χ3n) is 4.97. The lowest BCUT2D eigenvalue weighted by molar-refractivity contribution is -0.137. The van der Waals surface area contributed by atoms with Crippen molar-refractivity contribution in [2.75, 3.05) is 19.6 Å². The maximum Gasteiger partial charge on any atom is 0.227 e. The van der Waals surface area contributed by atoms with Crippen LogP contribution in [0.25, 0.3) is 0 Å². The van der Waals surface area contributed by atoms with Crippen LogP contribution in [0.4, 0.5) is 0 Å². The molecule has 2 amide bonds. The molecule has 0 saturated carbocycles. The van der Waals surface area contributed by atoms with Crippen molar-refractivity contribution in [1.82, 2.24) is 14.8 Å². The van der Waals surface area contributed by atoms with Gasteiger partial charge in [-0.25, -0.2) is 0 Å². The topological polar surface area (TPSA) is 62.7 Å². The summed E-state index contributed by atoms with van der Waals surface area (Å²) in [5.74, 6) is 0.762. The molecule has 2 aliphatic rings. The normalized spacial score (nSPS) is 22.4. The molecule has 1 aromatic rings. The number of carbonyl (C=O) groups is 2. The number of hydrogen-bond acceptors (Lipinski definition) is 4. The highest BCUT2D eigenvalue weighted by atomic mass is 16.5. The van der Waals surface area contributed by atoms with Gasteiger partial charge < -0.3 is 14.5 Å². The molecule has 136 valence electrons. The van der Waals surface area contributed by atoms with Gasteiger partial charge in [-0.3, -0.25) is 14.6 Å². The number of likely N-dealkylation sites (tertiary alicyclic amines) is 2. The molecule has 0 spiro atoms. The Hall–Kier alpha value is -2.11. The van der Waals surface area contributed by atoms with Gasteiger partial charge in [-0.1, -0.05) is 0 Å². The summed E-state index contributed by atoms with van der Waals surface area (Å²) in [6.07, 6.45) is 5.50. The van der Waals surface area contributed by atoms with E-state index in [1.807, 2.05) is 42.7 Å². The van der Waals surface area contributed by atoms with Crippen LogP contribution in [-0.4, -0.2) is 57.9 Å². The zero-order valence-corrected chi connectivity index (χ0v) is 15.3. The lowest BCUT2D eigenvalue weighted by atomic mass is 10.0. The number of aromatic nitrogens is 1. The Balaban J connectivity index is 1.51. The minimum absolute atomic E-state index is 0.0839. The Labute approximate surface area is 149 Å². The standard InChI is InChI=1S/C19H27N3O3/c1-19(2,3)22-13-14(11-17(22)23)18(24)21-9-6-15(7-10-21)25-16-5-4-8-20-12-16/h4-5,8,12,14-15H,6-7,9-11,13H2,1-3H3. The molecule has 2 aliphatic heterocycles. The predicted octanol–water partition coefficient (Wildman–Crippen LogP) is 2.10.